The maximum absolute atomic E-state index is 12.0. The number of carbonyl (C=O) groups excluding carboxylic acids is 1. The highest BCUT2D eigenvalue weighted by Gasteiger charge is 2.10. The van der Waals surface area contributed by atoms with Crippen molar-refractivity contribution in [3.63, 3.8) is 0 Å². The third-order valence-corrected chi connectivity index (χ3v) is 4.23. The summed E-state index contributed by atoms with van der Waals surface area (Å²) in [4.78, 5) is 12.0. The number of halogens is 3. The van der Waals surface area contributed by atoms with Crippen LogP contribution in [0.2, 0.25) is 15.1 Å². The van der Waals surface area contributed by atoms with Crippen LogP contribution in [0.3, 0.4) is 0 Å². The first-order chi connectivity index (χ1) is 10.4. The summed E-state index contributed by atoms with van der Waals surface area (Å²) in [6.07, 6.45) is 0. The van der Waals surface area contributed by atoms with Crippen LogP contribution in [0.5, 0.6) is 0 Å². The van der Waals surface area contributed by atoms with Gasteiger partial charge in [-0.15, -0.1) is 0 Å². The molecular formula is C16H15Cl3N2O. The zero-order valence-corrected chi connectivity index (χ0v) is 14.4. The number of benzene rings is 2. The van der Waals surface area contributed by atoms with Crippen LogP contribution in [-0.4, -0.2) is 12.5 Å². The SMILES string of the molecule is Cc1cccc(C)c1NCC(=O)Nc1cc(Cl)c(Cl)cc1Cl. The van der Waals surface area contributed by atoms with Crippen molar-refractivity contribution in [1.29, 1.82) is 0 Å². The van der Waals surface area contributed by atoms with Crippen molar-refractivity contribution in [3.8, 4) is 0 Å². The van der Waals surface area contributed by atoms with Crippen LogP contribution in [0.15, 0.2) is 30.3 Å². The summed E-state index contributed by atoms with van der Waals surface area (Å²) in [5.74, 6) is -0.219. The third kappa shape index (κ3) is 4.07. The van der Waals surface area contributed by atoms with Crippen LogP contribution in [0.25, 0.3) is 0 Å². The molecular weight excluding hydrogens is 343 g/mol. The molecule has 0 radical (unpaired) electrons. The van der Waals surface area contributed by atoms with Gasteiger partial charge in [-0.3, -0.25) is 4.79 Å². The Bertz CT molecular complexity index is 697. The van der Waals surface area contributed by atoms with E-state index in [4.69, 9.17) is 34.8 Å². The molecule has 22 heavy (non-hydrogen) atoms. The summed E-state index contributed by atoms with van der Waals surface area (Å²) in [5.41, 5.74) is 3.56. The highest BCUT2D eigenvalue weighted by atomic mass is 35.5. The molecule has 0 aliphatic carbocycles. The molecule has 2 N–H and O–H groups in total. The Morgan fingerprint density at radius 2 is 1.59 bits per heavy atom. The van der Waals surface area contributed by atoms with Gasteiger partial charge in [-0.05, 0) is 37.1 Å². The van der Waals surface area contributed by atoms with Gasteiger partial charge in [-0.1, -0.05) is 53.0 Å². The van der Waals surface area contributed by atoms with Gasteiger partial charge in [0.1, 0.15) is 0 Å². The van der Waals surface area contributed by atoms with Gasteiger partial charge in [0.25, 0.3) is 0 Å². The minimum absolute atomic E-state index is 0.127. The Kier molecular flexibility index (Phi) is 5.57. The maximum Gasteiger partial charge on any atom is 0.243 e. The van der Waals surface area contributed by atoms with Crippen molar-refractivity contribution in [2.24, 2.45) is 0 Å². The summed E-state index contributed by atoms with van der Waals surface area (Å²) in [7, 11) is 0. The molecule has 0 spiro atoms. The van der Waals surface area contributed by atoms with Crippen molar-refractivity contribution in [2.75, 3.05) is 17.2 Å². The molecule has 3 nitrogen and oxygen atoms in total. The van der Waals surface area contributed by atoms with Gasteiger partial charge in [-0.25, -0.2) is 0 Å². The highest BCUT2D eigenvalue weighted by molar-refractivity contribution is 6.44. The Morgan fingerprint density at radius 3 is 2.23 bits per heavy atom. The zero-order chi connectivity index (χ0) is 16.3. The van der Waals surface area contributed by atoms with E-state index in [0.29, 0.717) is 20.8 Å². The first-order valence-corrected chi connectivity index (χ1v) is 7.76. The van der Waals surface area contributed by atoms with E-state index in [0.717, 1.165) is 16.8 Å². The Hall–Kier alpha value is -1.42. The fraction of sp³-hybridized carbons (Fsp3) is 0.188. The molecule has 0 aromatic heterocycles. The lowest BCUT2D eigenvalue weighted by atomic mass is 10.1. The normalized spacial score (nSPS) is 10.4. The Labute approximate surface area is 144 Å². The number of rotatable bonds is 4. The highest BCUT2D eigenvalue weighted by Crippen LogP contribution is 2.32. The molecule has 2 rings (SSSR count). The van der Waals surface area contributed by atoms with E-state index in [9.17, 15) is 4.79 Å². The second-order valence-electron chi connectivity index (χ2n) is 4.91. The molecule has 116 valence electrons. The van der Waals surface area contributed by atoms with Crippen molar-refractivity contribution in [2.45, 2.75) is 13.8 Å². The average Bonchev–Trinajstić information content (AvgIpc) is 2.44. The molecule has 6 heteroatoms. The van der Waals surface area contributed by atoms with Crippen molar-refractivity contribution in [1.82, 2.24) is 0 Å². The van der Waals surface area contributed by atoms with E-state index >= 15 is 0 Å². The predicted octanol–water partition coefficient (Wildman–Crippen LogP) is 5.31. The molecule has 2 aromatic rings. The largest absolute Gasteiger partial charge is 0.376 e. The van der Waals surface area contributed by atoms with Crippen LogP contribution < -0.4 is 10.6 Å². The van der Waals surface area contributed by atoms with Gasteiger partial charge >= 0.3 is 0 Å². The van der Waals surface area contributed by atoms with E-state index < -0.39 is 0 Å². The standard InChI is InChI=1S/C16H15Cl3N2O/c1-9-4-3-5-10(2)16(9)20-8-15(22)21-14-7-12(18)11(17)6-13(14)19/h3-7,20H,8H2,1-2H3,(H,21,22). The van der Waals surface area contributed by atoms with Crippen LogP contribution in [0, 0.1) is 13.8 Å². The second kappa shape index (κ2) is 7.23. The average molecular weight is 358 g/mol. The van der Waals surface area contributed by atoms with Gasteiger partial charge in [0, 0.05) is 5.69 Å². The van der Waals surface area contributed by atoms with Gasteiger partial charge in [0.2, 0.25) is 5.91 Å². The monoisotopic (exact) mass is 356 g/mol. The number of amides is 1. The number of aryl methyl sites for hydroxylation is 2. The molecule has 1 amide bonds. The smallest absolute Gasteiger partial charge is 0.243 e. The van der Waals surface area contributed by atoms with Crippen molar-refractivity contribution < 1.29 is 4.79 Å². The van der Waals surface area contributed by atoms with Crippen molar-refractivity contribution >= 4 is 52.1 Å². The van der Waals surface area contributed by atoms with Crippen molar-refractivity contribution in [3.05, 3.63) is 56.5 Å². The first-order valence-electron chi connectivity index (χ1n) is 6.63. The van der Waals surface area contributed by atoms with Crippen LogP contribution >= 0.6 is 34.8 Å². The molecule has 0 fully saturated rings. The third-order valence-electron chi connectivity index (χ3n) is 3.19. The quantitative estimate of drug-likeness (QED) is 0.728. The number of nitrogens with one attached hydrogen (secondary N) is 2. The topological polar surface area (TPSA) is 41.1 Å². The van der Waals surface area contributed by atoms with E-state index in [-0.39, 0.29) is 12.5 Å². The Balaban J connectivity index is 2.04. The molecule has 0 saturated heterocycles. The van der Waals surface area contributed by atoms with E-state index in [1.807, 2.05) is 32.0 Å². The molecule has 0 bridgehead atoms. The zero-order valence-electron chi connectivity index (χ0n) is 12.1. The van der Waals surface area contributed by atoms with Gasteiger partial charge < -0.3 is 10.6 Å². The number of hydrogen-bond acceptors (Lipinski definition) is 2. The Morgan fingerprint density at radius 1 is 1.00 bits per heavy atom. The molecule has 0 atom stereocenters. The number of para-hydroxylation sites is 1. The lowest BCUT2D eigenvalue weighted by molar-refractivity contribution is -0.114. The van der Waals surface area contributed by atoms with Crippen LogP contribution in [-0.2, 0) is 4.79 Å². The molecule has 0 saturated carbocycles. The number of carbonyl (C=O) groups is 1. The summed E-state index contributed by atoms with van der Waals surface area (Å²) < 4.78 is 0. The molecule has 0 aliphatic heterocycles. The van der Waals surface area contributed by atoms with Gasteiger partial charge in [-0.2, -0.15) is 0 Å². The van der Waals surface area contributed by atoms with Crippen LogP contribution in [0.4, 0.5) is 11.4 Å². The van der Waals surface area contributed by atoms with Gasteiger partial charge in [0.05, 0.1) is 27.3 Å². The molecule has 2 aromatic carbocycles. The second-order valence-corrected chi connectivity index (χ2v) is 6.14. The summed E-state index contributed by atoms with van der Waals surface area (Å²) in [6.45, 7) is 4.11. The number of anilines is 2. The fourth-order valence-electron chi connectivity index (χ4n) is 2.07. The minimum atomic E-state index is -0.219. The number of hydrogen-bond donors (Lipinski definition) is 2. The first kappa shape index (κ1) is 16.9. The molecule has 0 aliphatic rings. The summed E-state index contributed by atoms with van der Waals surface area (Å²) in [5, 5.41) is 6.87. The van der Waals surface area contributed by atoms with E-state index in [1.165, 1.54) is 12.1 Å². The summed E-state index contributed by atoms with van der Waals surface area (Å²) >= 11 is 17.8. The summed E-state index contributed by atoms with van der Waals surface area (Å²) in [6, 6.07) is 8.99. The lowest BCUT2D eigenvalue weighted by Crippen LogP contribution is -2.22. The minimum Gasteiger partial charge on any atom is -0.376 e. The molecule has 0 unspecified atom stereocenters. The van der Waals surface area contributed by atoms with Gasteiger partial charge in [0.15, 0.2) is 0 Å². The lowest BCUT2D eigenvalue weighted by Gasteiger charge is -2.13. The molecule has 0 heterocycles. The van der Waals surface area contributed by atoms with Crippen LogP contribution in [0.1, 0.15) is 11.1 Å². The maximum atomic E-state index is 12.0. The fourth-order valence-corrected chi connectivity index (χ4v) is 2.67. The van der Waals surface area contributed by atoms with E-state index in [1.54, 1.807) is 0 Å². The van der Waals surface area contributed by atoms with E-state index in [2.05, 4.69) is 10.6 Å². The predicted molar refractivity (Wildman–Crippen MR) is 94.5 cm³/mol.